The Morgan fingerprint density at radius 3 is 2.04 bits per heavy atom. The quantitative estimate of drug-likeness (QED) is 0.653. The highest BCUT2D eigenvalue weighted by molar-refractivity contribution is 5.98. The van der Waals surface area contributed by atoms with Gasteiger partial charge >= 0.3 is 0 Å². The zero-order chi connectivity index (χ0) is 19.3. The largest absolute Gasteiger partial charge is 0.326 e. The molecule has 3 aliphatic carbocycles. The Labute approximate surface area is 164 Å². The number of carbonyl (C=O) groups excluding carboxylic acids is 2. The van der Waals surface area contributed by atoms with E-state index in [1.54, 1.807) is 12.1 Å². The molecule has 0 spiro atoms. The van der Waals surface area contributed by atoms with Crippen molar-refractivity contribution < 1.29 is 9.59 Å². The average molecular weight is 367 g/mol. The van der Waals surface area contributed by atoms with E-state index in [2.05, 4.69) is 53.8 Å². The van der Waals surface area contributed by atoms with E-state index in [1.165, 1.54) is 29.2 Å². The summed E-state index contributed by atoms with van der Waals surface area (Å²) < 4.78 is 0. The van der Waals surface area contributed by atoms with Crippen LogP contribution in [0, 0.1) is 5.92 Å². The molecule has 0 radical (unpaired) electrons. The van der Waals surface area contributed by atoms with Gasteiger partial charge in [-0.25, -0.2) is 0 Å². The molecule has 1 N–H and O–H groups in total. The minimum atomic E-state index is -0.115. The maximum Gasteiger partial charge on any atom is 0.228 e. The second-order valence-corrected chi connectivity index (χ2v) is 7.76. The Kier molecular flexibility index (Phi) is 3.90. The van der Waals surface area contributed by atoms with Gasteiger partial charge in [0.05, 0.1) is 5.92 Å². The van der Waals surface area contributed by atoms with Crippen molar-refractivity contribution in [1.82, 2.24) is 0 Å². The molecule has 0 heterocycles. The van der Waals surface area contributed by atoms with Crippen LogP contribution >= 0.6 is 0 Å². The first kappa shape index (κ1) is 16.9. The van der Waals surface area contributed by atoms with E-state index >= 15 is 0 Å². The molecule has 3 aromatic carbocycles. The summed E-state index contributed by atoms with van der Waals surface area (Å²) >= 11 is 0. The minimum absolute atomic E-state index is 0.00400. The summed E-state index contributed by atoms with van der Waals surface area (Å²) in [6.07, 6.45) is 0.816. The van der Waals surface area contributed by atoms with E-state index in [0.717, 1.165) is 6.42 Å². The van der Waals surface area contributed by atoms with Crippen molar-refractivity contribution in [2.24, 2.45) is 5.92 Å². The van der Waals surface area contributed by atoms with Gasteiger partial charge in [0, 0.05) is 23.1 Å². The summed E-state index contributed by atoms with van der Waals surface area (Å²) in [5.41, 5.74) is 6.55. The number of carbonyl (C=O) groups is 2. The number of fused-ring (bicyclic) bond motifs is 1. The van der Waals surface area contributed by atoms with Crippen LogP contribution in [0.15, 0.2) is 72.8 Å². The van der Waals surface area contributed by atoms with Gasteiger partial charge in [0.2, 0.25) is 5.91 Å². The molecule has 3 heteroatoms. The lowest BCUT2D eigenvalue weighted by Crippen LogP contribution is -2.38. The van der Waals surface area contributed by atoms with Crippen molar-refractivity contribution in [1.29, 1.82) is 0 Å². The number of nitrogens with one attached hydrogen (secondary N) is 1. The Bertz CT molecular complexity index is 1050. The SMILES string of the molecule is CC(=O)c1cccc(NC(=O)[C@@H]2CC3c4ccccc4C2c2ccccc23)c1. The third-order valence-corrected chi connectivity index (χ3v) is 6.18. The molecule has 3 aliphatic rings. The normalized spacial score (nSPS) is 21.5. The molecule has 0 unspecified atom stereocenters. The number of Topliss-reactive ketones (excluding diaryl/α,β-unsaturated/α-hetero) is 1. The molecule has 2 bridgehead atoms. The fourth-order valence-electron chi connectivity index (χ4n) is 4.94. The van der Waals surface area contributed by atoms with Crippen LogP contribution in [0.4, 0.5) is 5.69 Å². The van der Waals surface area contributed by atoms with Gasteiger partial charge in [-0.15, -0.1) is 0 Å². The average Bonchev–Trinajstić information content (AvgIpc) is 2.74. The molecule has 0 aromatic heterocycles. The van der Waals surface area contributed by atoms with E-state index in [-0.39, 0.29) is 29.4 Å². The van der Waals surface area contributed by atoms with Crippen LogP contribution in [0.25, 0.3) is 0 Å². The van der Waals surface area contributed by atoms with Gasteiger partial charge in [-0.2, -0.15) is 0 Å². The molecule has 0 saturated heterocycles. The van der Waals surface area contributed by atoms with Crippen LogP contribution in [-0.2, 0) is 4.79 Å². The van der Waals surface area contributed by atoms with Gasteiger partial charge in [-0.3, -0.25) is 9.59 Å². The number of anilines is 1. The van der Waals surface area contributed by atoms with Crippen LogP contribution in [0.1, 0.15) is 57.8 Å². The van der Waals surface area contributed by atoms with E-state index in [4.69, 9.17) is 0 Å². The molecular weight excluding hydrogens is 346 g/mol. The third kappa shape index (κ3) is 2.58. The number of rotatable bonds is 3. The molecule has 0 aliphatic heterocycles. The van der Waals surface area contributed by atoms with Crippen molar-refractivity contribution in [2.75, 3.05) is 5.32 Å². The van der Waals surface area contributed by atoms with Gasteiger partial charge < -0.3 is 5.32 Å². The molecule has 3 aromatic rings. The topological polar surface area (TPSA) is 46.2 Å². The van der Waals surface area contributed by atoms with Crippen LogP contribution in [0.2, 0.25) is 0 Å². The number of ketones is 1. The van der Waals surface area contributed by atoms with Gasteiger partial charge in [-0.1, -0.05) is 60.7 Å². The minimum Gasteiger partial charge on any atom is -0.326 e. The summed E-state index contributed by atoms with van der Waals surface area (Å²) in [6, 6.07) is 24.2. The first-order valence-electron chi connectivity index (χ1n) is 9.73. The molecule has 138 valence electrons. The highest BCUT2D eigenvalue weighted by Gasteiger charge is 2.45. The Balaban J connectivity index is 1.51. The summed E-state index contributed by atoms with van der Waals surface area (Å²) in [5.74, 6) is 0.247. The molecule has 1 amide bonds. The summed E-state index contributed by atoms with van der Waals surface area (Å²) in [5, 5.41) is 3.06. The van der Waals surface area contributed by atoms with Crippen molar-refractivity contribution in [3.8, 4) is 0 Å². The lowest BCUT2D eigenvalue weighted by molar-refractivity contribution is -0.121. The van der Waals surface area contributed by atoms with E-state index < -0.39 is 0 Å². The standard InChI is InChI=1S/C25H21NO2/c1-15(27)16-7-6-8-17(13-16)26-25(28)23-14-22-18-9-2-4-11-20(18)24(23)21-12-5-3-10-19(21)22/h2-13,22-24H,14H2,1H3,(H,26,28)/t22?,23-,24?/m1/s1. The Morgan fingerprint density at radius 1 is 0.821 bits per heavy atom. The smallest absolute Gasteiger partial charge is 0.228 e. The Hall–Kier alpha value is -3.20. The number of benzene rings is 3. The molecule has 3 nitrogen and oxygen atoms in total. The summed E-state index contributed by atoms with van der Waals surface area (Å²) in [4.78, 5) is 24.9. The Morgan fingerprint density at radius 2 is 1.43 bits per heavy atom. The van der Waals surface area contributed by atoms with Gasteiger partial charge in [0.15, 0.2) is 5.78 Å². The monoisotopic (exact) mass is 367 g/mol. The lowest BCUT2D eigenvalue weighted by atomic mass is 9.59. The number of hydrogen-bond donors (Lipinski definition) is 1. The predicted octanol–water partition coefficient (Wildman–Crippen LogP) is 5.13. The lowest BCUT2D eigenvalue weighted by Gasteiger charge is -2.44. The summed E-state index contributed by atoms with van der Waals surface area (Å²) in [7, 11) is 0. The first-order chi connectivity index (χ1) is 13.6. The molecule has 28 heavy (non-hydrogen) atoms. The van der Waals surface area contributed by atoms with Gasteiger partial charge in [-0.05, 0) is 47.7 Å². The highest BCUT2D eigenvalue weighted by Crippen LogP contribution is 2.55. The zero-order valence-electron chi connectivity index (χ0n) is 15.7. The van der Waals surface area contributed by atoms with Crippen LogP contribution in [0.5, 0.6) is 0 Å². The van der Waals surface area contributed by atoms with Crippen molar-refractivity contribution >= 4 is 17.4 Å². The fourth-order valence-corrected chi connectivity index (χ4v) is 4.94. The second kappa shape index (κ2) is 6.45. The van der Waals surface area contributed by atoms with E-state index in [1.807, 2.05) is 12.1 Å². The molecule has 6 rings (SSSR count). The van der Waals surface area contributed by atoms with Gasteiger partial charge in [0.25, 0.3) is 0 Å². The number of hydrogen-bond acceptors (Lipinski definition) is 2. The highest BCUT2D eigenvalue weighted by atomic mass is 16.2. The van der Waals surface area contributed by atoms with Crippen molar-refractivity contribution in [3.05, 3.63) is 101 Å². The van der Waals surface area contributed by atoms with E-state index in [9.17, 15) is 9.59 Å². The second-order valence-electron chi connectivity index (χ2n) is 7.76. The maximum atomic E-state index is 13.3. The van der Waals surface area contributed by atoms with Crippen LogP contribution < -0.4 is 5.32 Å². The van der Waals surface area contributed by atoms with Crippen LogP contribution in [0.3, 0.4) is 0 Å². The van der Waals surface area contributed by atoms with Crippen molar-refractivity contribution in [3.63, 3.8) is 0 Å². The maximum absolute atomic E-state index is 13.3. The molecular formula is C25H21NO2. The zero-order valence-corrected chi connectivity index (χ0v) is 15.7. The predicted molar refractivity (Wildman–Crippen MR) is 110 cm³/mol. The van der Waals surface area contributed by atoms with Gasteiger partial charge in [0.1, 0.15) is 0 Å². The summed E-state index contributed by atoms with van der Waals surface area (Å²) in [6.45, 7) is 1.54. The fraction of sp³-hybridized carbons (Fsp3) is 0.200. The molecule has 0 saturated carbocycles. The molecule has 0 fully saturated rings. The first-order valence-corrected chi connectivity index (χ1v) is 9.73. The van der Waals surface area contributed by atoms with E-state index in [0.29, 0.717) is 11.3 Å². The van der Waals surface area contributed by atoms with Crippen LogP contribution in [-0.4, -0.2) is 11.7 Å². The number of amides is 1. The molecule has 1 atom stereocenters. The third-order valence-electron chi connectivity index (χ3n) is 6.18. The van der Waals surface area contributed by atoms with Crippen molar-refractivity contribution in [2.45, 2.75) is 25.2 Å².